The van der Waals surface area contributed by atoms with Gasteiger partial charge in [0, 0.05) is 18.9 Å². The van der Waals surface area contributed by atoms with Gasteiger partial charge in [0.05, 0.1) is 10.6 Å². The summed E-state index contributed by atoms with van der Waals surface area (Å²) in [6.45, 7) is 3.91. The number of rotatable bonds is 5. The van der Waals surface area contributed by atoms with Crippen LogP contribution in [0.1, 0.15) is 16.5 Å². The Labute approximate surface area is 123 Å². The molecule has 0 saturated carbocycles. The van der Waals surface area contributed by atoms with Crippen molar-refractivity contribution in [3.63, 3.8) is 0 Å². The molecule has 1 unspecified atom stereocenters. The quantitative estimate of drug-likeness (QED) is 0.803. The number of aromatic nitrogens is 2. The molecular weight excluding hydrogens is 288 g/mol. The van der Waals surface area contributed by atoms with E-state index in [0.717, 1.165) is 0 Å². The zero-order valence-electron chi connectivity index (χ0n) is 11.3. The Morgan fingerprint density at radius 3 is 2.43 bits per heavy atom. The highest BCUT2D eigenvalue weighted by molar-refractivity contribution is 7.91. The van der Waals surface area contributed by atoms with Crippen LogP contribution < -0.4 is 11.5 Å². The van der Waals surface area contributed by atoms with Crippen molar-refractivity contribution >= 4 is 15.7 Å². The average molecular weight is 304 g/mol. The third-order valence-corrected chi connectivity index (χ3v) is 5.05. The summed E-state index contributed by atoms with van der Waals surface area (Å²) in [5, 5.41) is -0.901. The molecule has 7 heteroatoms. The van der Waals surface area contributed by atoms with Crippen LogP contribution in [0.4, 0.5) is 5.82 Å². The van der Waals surface area contributed by atoms with Gasteiger partial charge in [0.2, 0.25) is 0 Å². The van der Waals surface area contributed by atoms with E-state index in [1.165, 1.54) is 30.6 Å². The third kappa shape index (κ3) is 3.09. The van der Waals surface area contributed by atoms with Crippen LogP contribution in [0.2, 0.25) is 0 Å². The summed E-state index contributed by atoms with van der Waals surface area (Å²) in [4.78, 5) is 8.02. The maximum Gasteiger partial charge on any atom is 0.190 e. The molecule has 2 aromatic rings. The molecule has 0 aliphatic rings. The van der Waals surface area contributed by atoms with Gasteiger partial charge in [-0.1, -0.05) is 12.1 Å². The summed E-state index contributed by atoms with van der Waals surface area (Å²) >= 11 is 0. The first-order valence-corrected chi connectivity index (χ1v) is 7.76. The SMILES string of the molecule is C=CC(c1ccc(CN)nc1)S(=O)(=O)c1ccc(N)nc1. The molecule has 0 aromatic carbocycles. The second-order valence-electron chi connectivity index (χ2n) is 4.41. The second kappa shape index (κ2) is 6.02. The number of nitrogens with two attached hydrogens (primary N) is 2. The zero-order chi connectivity index (χ0) is 15.5. The van der Waals surface area contributed by atoms with E-state index in [4.69, 9.17) is 11.5 Å². The molecule has 21 heavy (non-hydrogen) atoms. The van der Waals surface area contributed by atoms with Crippen molar-refractivity contribution in [3.8, 4) is 0 Å². The Kier molecular flexibility index (Phi) is 4.35. The molecule has 0 radical (unpaired) electrons. The van der Waals surface area contributed by atoms with Crippen LogP contribution >= 0.6 is 0 Å². The highest BCUT2D eigenvalue weighted by Crippen LogP contribution is 2.29. The molecule has 0 aliphatic carbocycles. The number of hydrogen-bond acceptors (Lipinski definition) is 6. The third-order valence-electron chi connectivity index (χ3n) is 3.02. The molecule has 0 saturated heterocycles. The molecule has 0 spiro atoms. The largest absolute Gasteiger partial charge is 0.384 e. The number of pyridine rings is 2. The Morgan fingerprint density at radius 1 is 1.19 bits per heavy atom. The summed E-state index contributed by atoms with van der Waals surface area (Å²) < 4.78 is 25.3. The number of hydrogen-bond donors (Lipinski definition) is 2. The predicted octanol–water partition coefficient (Wildman–Crippen LogP) is 1.22. The van der Waals surface area contributed by atoms with E-state index in [1.54, 1.807) is 12.1 Å². The lowest BCUT2D eigenvalue weighted by Crippen LogP contribution is -2.13. The Bertz CT molecular complexity index is 725. The van der Waals surface area contributed by atoms with Crippen molar-refractivity contribution in [2.24, 2.45) is 5.73 Å². The molecule has 1 atom stereocenters. The van der Waals surface area contributed by atoms with E-state index >= 15 is 0 Å². The molecule has 110 valence electrons. The molecule has 4 N–H and O–H groups in total. The maximum atomic E-state index is 12.6. The molecule has 2 aromatic heterocycles. The van der Waals surface area contributed by atoms with Crippen molar-refractivity contribution in [2.75, 3.05) is 5.73 Å². The van der Waals surface area contributed by atoms with Gasteiger partial charge >= 0.3 is 0 Å². The van der Waals surface area contributed by atoms with Gasteiger partial charge in [0.1, 0.15) is 11.1 Å². The summed E-state index contributed by atoms with van der Waals surface area (Å²) in [5.74, 6) is 0.262. The topological polar surface area (TPSA) is 112 Å². The predicted molar refractivity (Wildman–Crippen MR) is 80.9 cm³/mol. The molecule has 0 fully saturated rings. The summed E-state index contributed by atoms with van der Waals surface area (Å²) in [6, 6.07) is 6.26. The van der Waals surface area contributed by atoms with Gasteiger partial charge < -0.3 is 11.5 Å². The molecular formula is C14H16N4O2S. The first kappa shape index (κ1) is 15.1. The van der Waals surface area contributed by atoms with E-state index in [9.17, 15) is 8.42 Å². The van der Waals surface area contributed by atoms with Gasteiger partial charge in [-0.25, -0.2) is 13.4 Å². The fourth-order valence-electron chi connectivity index (χ4n) is 1.87. The van der Waals surface area contributed by atoms with Crippen LogP contribution in [0.5, 0.6) is 0 Å². The molecule has 0 bridgehead atoms. The van der Waals surface area contributed by atoms with E-state index in [1.807, 2.05) is 0 Å². The number of anilines is 1. The lowest BCUT2D eigenvalue weighted by molar-refractivity contribution is 0.590. The van der Waals surface area contributed by atoms with Crippen molar-refractivity contribution < 1.29 is 8.42 Å². The van der Waals surface area contributed by atoms with Crippen LogP contribution in [0.25, 0.3) is 0 Å². The van der Waals surface area contributed by atoms with Crippen LogP contribution in [0, 0.1) is 0 Å². The summed E-state index contributed by atoms with van der Waals surface area (Å²) in [5.41, 5.74) is 12.2. The minimum Gasteiger partial charge on any atom is -0.384 e. The van der Waals surface area contributed by atoms with Crippen LogP contribution in [-0.2, 0) is 16.4 Å². The second-order valence-corrected chi connectivity index (χ2v) is 6.48. The van der Waals surface area contributed by atoms with Crippen LogP contribution in [-0.4, -0.2) is 18.4 Å². The smallest absolute Gasteiger partial charge is 0.190 e. The Hall–Kier alpha value is -2.25. The van der Waals surface area contributed by atoms with Crippen LogP contribution in [0.3, 0.4) is 0 Å². The fraction of sp³-hybridized carbons (Fsp3) is 0.143. The summed E-state index contributed by atoms with van der Waals surface area (Å²) in [6.07, 6.45) is 4.10. The minimum absolute atomic E-state index is 0.0875. The van der Waals surface area contributed by atoms with Crippen molar-refractivity contribution in [1.29, 1.82) is 0 Å². The van der Waals surface area contributed by atoms with Gasteiger partial charge in [-0.3, -0.25) is 4.98 Å². The highest BCUT2D eigenvalue weighted by Gasteiger charge is 2.27. The highest BCUT2D eigenvalue weighted by atomic mass is 32.2. The van der Waals surface area contributed by atoms with Gasteiger partial charge in [0.15, 0.2) is 9.84 Å². The Balaban J connectivity index is 2.43. The van der Waals surface area contributed by atoms with E-state index in [-0.39, 0.29) is 10.7 Å². The monoisotopic (exact) mass is 304 g/mol. The average Bonchev–Trinajstić information content (AvgIpc) is 2.49. The Morgan fingerprint density at radius 2 is 1.95 bits per heavy atom. The van der Waals surface area contributed by atoms with Gasteiger partial charge in [-0.15, -0.1) is 6.58 Å². The molecule has 2 rings (SSSR count). The first-order chi connectivity index (χ1) is 9.98. The lowest BCUT2D eigenvalue weighted by atomic mass is 10.2. The summed E-state index contributed by atoms with van der Waals surface area (Å²) in [7, 11) is -3.65. The standard InChI is InChI=1S/C14H16N4O2S/c1-2-13(10-3-4-11(7-15)17-8-10)21(19,20)12-5-6-14(16)18-9-12/h2-6,8-9,13H,1,7,15H2,(H2,16,18). The molecule has 0 aliphatic heterocycles. The number of nitrogen functional groups attached to an aromatic ring is 1. The van der Waals surface area contributed by atoms with Gasteiger partial charge in [-0.2, -0.15) is 0 Å². The number of sulfone groups is 1. The maximum absolute atomic E-state index is 12.6. The van der Waals surface area contributed by atoms with E-state index in [2.05, 4.69) is 16.5 Å². The number of nitrogens with zero attached hydrogens (tertiary/aromatic N) is 2. The fourth-order valence-corrected chi connectivity index (χ4v) is 3.38. The first-order valence-electron chi connectivity index (χ1n) is 6.22. The minimum atomic E-state index is -3.65. The molecule has 2 heterocycles. The van der Waals surface area contributed by atoms with E-state index < -0.39 is 15.1 Å². The van der Waals surface area contributed by atoms with E-state index in [0.29, 0.717) is 17.8 Å². The van der Waals surface area contributed by atoms with Crippen LogP contribution in [0.15, 0.2) is 54.2 Å². The van der Waals surface area contributed by atoms with Crippen molar-refractivity contribution in [1.82, 2.24) is 9.97 Å². The normalized spacial score (nSPS) is 12.8. The molecule has 0 amide bonds. The lowest BCUT2D eigenvalue weighted by Gasteiger charge is -2.14. The van der Waals surface area contributed by atoms with Gasteiger partial charge in [0.25, 0.3) is 0 Å². The molecule has 6 nitrogen and oxygen atoms in total. The van der Waals surface area contributed by atoms with Crippen molar-refractivity contribution in [2.45, 2.75) is 16.7 Å². The zero-order valence-corrected chi connectivity index (χ0v) is 12.1. The van der Waals surface area contributed by atoms with Gasteiger partial charge in [-0.05, 0) is 23.8 Å². The van der Waals surface area contributed by atoms with Crippen molar-refractivity contribution in [3.05, 3.63) is 60.6 Å².